The normalized spacial score (nSPS) is 17.8. The number of hydrogen-bond acceptors (Lipinski definition) is 2. The van der Waals surface area contributed by atoms with E-state index in [1.807, 2.05) is 0 Å². The maximum Gasteiger partial charge on any atom is 0.407 e. The Labute approximate surface area is 141 Å². The molecule has 1 aromatic heterocycles. The molecule has 0 radical (unpaired) electrons. The van der Waals surface area contributed by atoms with E-state index in [1.54, 1.807) is 4.90 Å². The number of nitrogens with one attached hydrogen (secondary N) is 1. The van der Waals surface area contributed by atoms with Crippen LogP contribution in [0.3, 0.4) is 0 Å². The Morgan fingerprint density at radius 1 is 1.33 bits per heavy atom. The molecule has 5 nitrogen and oxygen atoms in total. The minimum absolute atomic E-state index is 0.133. The van der Waals surface area contributed by atoms with Crippen LogP contribution in [0.25, 0.3) is 10.9 Å². The van der Waals surface area contributed by atoms with Crippen LogP contribution in [0.5, 0.6) is 0 Å². The smallest absolute Gasteiger partial charge is 0.407 e. The van der Waals surface area contributed by atoms with Crippen LogP contribution in [0.4, 0.5) is 4.79 Å². The Balaban J connectivity index is 1.66. The highest BCUT2D eigenvalue weighted by Crippen LogP contribution is 2.23. The number of carboxylic acid groups (broad SMARTS) is 1. The molecule has 0 bridgehead atoms. The topological polar surface area (TPSA) is 80.1 Å². The van der Waals surface area contributed by atoms with Gasteiger partial charge in [0.15, 0.2) is 0 Å². The van der Waals surface area contributed by atoms with Crippen molar-refractivity contribution in [3.63, 3.8) is 0 Å². The van der Waals surface area contributed by atoms with Gasteiger partial charge in [0.2, 0.25) is 0 Å². The predicted octanol–water partition coefficient (Wildman–Crippen LogP) is 4.09. The summed E-state index contributed by atoms with van der Waals surface area (Å²) in [5.41, 5.74) is 3.42. The minimum Gasteiger partial charge on any atom is -0.465 e. The molecule has 1 aliphatic rings. The summed E-state index contributed by atoms with van der Waals surface area (Å²) in [6, 6.07) is 10.7. The molecule has 2 aromatic rings. The number of aromatic nitrogens is 1. The van der Waals surface area contributed by atoms with E-state index in [4.69, 9.17) is 5.26 Å². The van der Waals surface area contributed by atoms with Crippen molar-refractivity contribution in [2.75, 3.05) is 6.54 Å². The number of aryl methyl sites for hydroxylation is 2. The third-order valence-corrected chi connectivity index (χ3v) is 4.89. The molecule has 2 heterocycles. The van der Waals surface area contributed by atoms with Gasteiger partial charge in [0.05, 0.1) is 6.07 Å². The van der Waals surface area contributed by atoms with Crippen LogP contribution < -0.4 is 0 Å². The molecule has 2 N–H and O–H groups in total. The summed E-state index contributed by atoms with van der Waals surface area (Å²) in [5.74, 6) is 0. The molecule has 1 fully saturated rings. The number of H-pyrrole nitrogens is 1. The van der Waals surface area contributed by atoms with Crippen molar-refractivity contribution < 1.29 is 9.90 Å². The van der Waals surface area contributed by atoms with Gasteiger partial charge in [0.1, 0.15) is 0 Å². The number of likely N-dealkylation sites (tertiary alicyclic amines) is 1. The van der Waals surface area contributed by atoms with Crippen molar-refractivity contribution in [1.82, 2.24) is 9.88 Å². The van der Waals surface area contributed by atoms with Crippen LogP contribution in [0, 0.1) is 11.3 Å². The van der Waals surface area contributed by atoms with Gasteiger partial charge in [-0.1, -0.05) is 12.1 Å². The molecular weight excluding hydrogens is 302 g/mol. The maximum absolute atomic E-state index is 11.3. The molecular formula is C19H23N3O2. The lowest BCUT2D eigenvalue weighted by molar-refractivity contribution is 0.103. The van der Waals surface area contributed by atoms with Gasteiger partial charge in [0, 0.05) is 30.2 Å². The zero-order valence-corrected chi connectivity index (χ0v) is 13.8. The van der Waals surface area contributed by atoms with Crippen molar-refractivity contribution in [1.29, 1.82) is 5.26 Å². The van der Waals surface area contributed by atoms with Crippen LogP contribution in [-0.2, 0) is 12.8 Å². The average Bonchev–Trinajstić information content (AvgIpc) is 3.00. The van der Waals surface area contributed by atoms with Crippen molar-refractivity contribution >= 4 is 17.0 Å². The Kier molecular flexibility index (Phi) is 5.05. The van der Waals surface area contributed by atoms with E-state index in [1.165, 1.54) is 10.9 Å². The fourth-order valence-corrected chi connectivity index (χ4v) is 3.60. The highest BCUT2D eigenvalue weighted by atomic mass is 16.4. The van der Waals surface area contributed by atoms with Crippen LogP contribution in [0.1, 0.15) is 43.4 Å². The second-order valence-electron chi connectivity index (χ2n) is 6.54. The molecule has 1 amide bonds. The zero-order chi connectivity index (χ0) is 16.9. The standard InChI is InChI=1S/C19H23N3O2/c20-10-3-4-14-6-7-15-13-16(21-18(15)12-14)8-9-17-5-1-2-11-22(17)19(23)24/h6-7,12-13,17,21H,1-5,8-9,11H2,(H,23,24)/t17-/m0/s1. The van der Waals surface area contributed by atoms with Gasteiger partial charge in [-0.25, -0.2) is 4.79 Å². The molecule has 1 saturated heterocycles. The fourth-order valence-electron chi connectivity index (χ4n) is 3.60. The number of nitrogens with zero attached hydrogens (tertiary/aromatic N) is 2. The van der Waals surface area contributed by atoms with Crippen LogP contribution in [0.15, 0.2) is 24.3 Å². The first-order valence-electron chi connectivity index (χ1n) is 8.64. The number of rotatable bonds is 5. The molecule has 1 aliphatic heterocycles. The summed E-state index contributed by atoms with van der Waals surface area (Å²) in [6.45, 7) is 0.662. The van der Waals surface area contributed by atoms with Crippen molar-refractivity contribution in [2.24, 2.45) is 0 Å². The maximum atomic E-state index is 11.3. The highest BCUT2D eigenvalue weighted by Gasteiger charge is 2.25. The van der Waals surface area contributed by atoms with E-state index in [0.29, 0.717) is 13.0 Å². The first-order valence-corrected chi connectivity index (χ1v) is 8.64. The minimum atomic E-state index is -0.793. The van der Waals surface area contributed by atoms with E-state index in [-0.39, 0.29) is 6.04 Å². The van der Waals surface area contributed by atoms with Gasteiger partial charge in [0.25, 0.3) is 0 Å². The second-order valence-corrected chi connectivity index (χ2v) is 6.54. The molecule has 1 aromatic carbocycles. The number of benzene rings is 1. The number of hydrogen-bond donors (Lipinski definition) is 2. The van der Waals surface area contributed by atoms with Gasteiger partial charge in [-0.2, -0.15) is 5.26 Å². The van der Waals surface area contributed by atoms with Gasteiger partial charge in [-0.15, -0.1) is 0 Å². The quantitative estimate of drug-likeness (QED) is 0.869. The molecule has 3 rings (SSSR count). The van der Waals surface area contributed by atoms with Gasteiger partial charge in [-0.3, -0.25) is 0 Å². The summed E-state index contributed by atoms with van der Waals surface area (Å²) in [4.78, 5) is 16.4. The Bertz CT molecular complexity index is 760. The fraction of sp³-hybridized carbons (Fsp3) is 0.474. The summed E-state index contributed by atoms with van der Waals surface area (Å²) >= 11 is 0. The number of piperidine rings is 1. The lowest BCUT2D eigenvalue weighted by atomic mass is 9.98. The van der Waals surface area contributed by atoms with Gasteiger partial charge in [-0.05, 0) is 61.6 Å². The summed E-state index contributed by atoms with van der Waals surface area (Å²) in [6.07, 6.45) is 5.28. The number of carbonyl (C=O) groups is 1. The molecule has 0 saturated carbocycles. The molecule has 1 atom stereocenters. The van der Waals surface area contributed by atoms with E-state index in [0.717, 1.165) is 49.7 Å². The molecule has 0 unspecified atom stereocenters. The largest absolute Gasteiger partial charge is 0.465 e. The average molecular weight is 325 g/mol. The predicted molar refractivity (Wildman–Crippen MR) is 92.9 cm³/mol. The third kappa shape index (κ3) is 3.70. The first-order chi connectivity index (χ1) is 11.7. The number of nitriles is 1. The summed E-state index contributed by atoms with van der Waals surface area (Å²) < 4.78 is 0. The Morgan fingerprint density at radius 3 is 3.00 bits per heavy atom. The zero-order valence-electron chi connectivity index (χ0n) is 13.8. The van der Waals surface area contributed by atoms with Gasteiger partial charge >= 0.3 is 6.09 Å². The summed E-state index contributed by atoms with van der Waals surface area (Å²) in [7, 11) is 0. The third-order valence-electron chi connectivity index (χ3n) is 4.89. The van der Waals surface area contributed by atoms with Crippen molar-refractivity contribution in [3.8, 4) is 6.07 Å². The Morgan fingerprint density at radius 2 is 2.21 bits per heavy atom. The van der Waals surface area contributed by atoms with Crippen molar-refractivity contribution in [2.45, 2.75) is 51.0 Å². The Hall–Kier alpha value is -2.48. The lowest BCUT2D eigenvalue weighted by Crippen LogP contribution is -2.43. The van der Waals surface area contributed by atoms with E-state index in [2.05, 4.69) is 35.3 Å². The number of aromatic amines is 1. The number of amides is 1. The van der Waals surface area contributed by atoms with E-state index >= 15 is 0 Å². The molecule has 0 aliphatic carbocycles. The van der Waals surface area contributed by atoms with Gasteiger partial charge < -0.3 is 15.0 Å². The monoisotopic (exact) mass is 325 g/mol. The van der Waals surface area contributed by atoms with Crippen LogP contribution in [-0.4, -0.2) is 33.7 Å². The van der Waals surface area contributed by atoms with Crippen molar-refractivity contribution in [3.05, 3.63) is 35.5 Å². The molecule has 5 heteroatoms. The first kappa shape index (κ1) is 16.4. The van der Waals surface area contributed by atoms with Crippen LogP contribution in [0.2, 0.25) is 0 Å². The van der Waals surface area contributed by atoms with E-state index in [9.17, 15) is 9.90 Å². The number of fused-ring (bicyclic) bond motifs is 1. The molecule has 126 valence electrons. The molecule has 24 heavy (non-hydrogen) atoms. The van der Waals surface area contributed by atoms with E-state index < -0.39 is 6.09 Å². The summed E-state index contributed by atoms with van der Waals surface area (Å²) in [5, 5.41) is 19.2. The lowest BCUT2D eigenvalue weighted by Gasteiger charge is -2.33. The van der Waals surface area contributed by atoms with Crippen LogP contribution >= 0.6 is 0 Å². The SMILES string of the molecule is N#CCCc1ccc2cc(CC[C@@H]3CCCCN3C(=O)O)[nH]c2c1. The second kappa shape index (κ2) is 7.39. The highest BCUT2D eigenvalue weighted by molar-refractivity contribution is 5.81. The molecule has 0 spiro atoms.